The summed E-state index contributed by atoms with van der Waals surface area (Å²) in [6, 6.07) is 41.0. The average molecular weight is 511 g/mol. The third kappa shape index (κ3) is 3.53. The van der Waals surface area contributed by atoms with E-state index in [4.69, 9.17) is 0 Å². The highest BCUT2D eigenvalue weighted by Crippen LogP contribution is 2.52. The largest absolute Gasteiger partial charge is 0.0801 e. The van der Waals surface area contributed by atoms with Gasteiger partial charge in [0.1, 0.15) is 0 Å². The lowest BCUT2D eigenvalue weighted by atomic mass is 9.82. The Morgan fingerprint density at radius 2 is 1.07 bits per heavy atom. The number of fused-ring (bicyclic) bond motifs is 8. The van der Waals surface area contributed by atoms with Crippen molar-refractivity contribution in [1.29, 1.82) is 0 Å². The zero-order valence-electron chi connectivity index (χ0n) is 22.6. The molecule has 1 unspecified atom stereocenters. The van der Waals surface area contributed by atoms with Crippen LogP contribution in [0.25, 0.3) is 28.3 Å². The molecule has 3 aliphatic carbocycles. The van der Waals surface area contributed by atoms with Crippen molar-refractivity contribution < 1.29 is 0 Å². The van der Waals surface area contributed by atoms with Crippen molar-refractivity contribution in [3.8, 4) is 22.3 Å². The minimum Gasteiger partial charge on any atom is -0.0801 e. The van der Waals surface area contributed by atoms with Crippen LogP contribution >= 0.6 is 0 Å². The molecule has 5 aromatic carbocycles. The van der Waals surface area contributed by atoms with E-state index in [9.17, 15) is 0 Å². The van der Waals surface area contributed by atoms with Gasteiger partial charge in [-0.05, 0) is 80.1 Å². The van der Waals surface area contributed by atoms with Crippen molar-refractivity contribution in [2.75, 3.05) is 0 Å². The molecule has 5 aromatic rings. The SMILES string of the molecule is CC1=C\c2c(ccc3c2C(c2ccc(C4c5ccccc5-c5ccccc54)cc2)c2ccccc2-3)C/C=C/C=C\1. The molecule has 0 fully saturated rings. The summed E-state index contributed by atoms with van der Waals surface area (Å²) in [5.41, 5.74) is 17.9. The van der Waals surface area contributed by atoms with Crippen molar-refractivity contribution in [3.63, 3.8) is 0 Å². The molecule has 0 heterocycles. The normalized spacial score (nSPS) is 19.5. The summed E-state index contributed by atoms with van der Waals surface area (Å²) in [5.74, 6) is 0.494. The van der Waals surface area contributed by atoms with E-state index in [1.54, 1.807) is 0 Å². The molecule has 0 saturated heterocycles. The molecule has 0 aromatic heterocycles. The second kappa shape index (κ2) is 9.21. The first-order valence-electron chi connectivity index (χ1n) is 14.3. The van der Waals surface area contributed by atoms with Gasteiger partial charge in [0.15, 0.2) is 0 Å². The topological polar surface area (TPSA) is 0 Å². The van der Waals surface area contributed by atoms with E-state index in [0.717, 1.165) is 6.42 Å². The molecule has 0 aliphatic heterocycles. The van der Waals surface area contributed by atoms with Crippen molar-refractivity contribution in [3.05, 3.63) is 184 Å². The second-order valence-electron chi connectivity index (χ2n) is 11.3. The molecular weight excluding hydrogens is 480 g/mol. The van der Waals surface area contributed by atoms with E-state index < -0.39 is 0 Å². The molecule has 40 heavy (non-hydrogen) atoms. The smallest absolute Gasteiger partial charge is 0.0358 e. The Kier molecular flexibility index (Phi) is 5.35. The molecule has 1 atom stereocenters. The van der Waals surface area contributed by atoms with Gasteiger partial charge < -0.3 is 0 Å². The van der Waals surface area contributed by atoms with E-state index in [1.165, 1.54) is 72.3 Å². The zero-order chi connectivity index (χ0) is 26.6. The van der Waals surface area contributed by atoms with Crippen LogP contribution in [-0.4, -0.2) is 0 Å². The lowest BCUT2D eigenvalue weighted by Crippen LogP contribution is -2.05. The molecule has 3 aliphatic rings. The molecule has 0 amide bonds. The summed E-state index contributed by atoms with van der Waals surface area (Å²) in [5, 5.41) is 0. The summed E-state index contributed by atoms with van der Waals surface area (Å²) in [6.07, 6.45) is 12.2. The summed E-state index contributed by atoms with van der Waals surface area (Å²) >= 11 is 0. The number of benzene rings is 5. The quantitative estimate of drug-likeness (QED) is 0.217. The van der Waals surface area contributed by atoms with E-state index >= 15 is 0 Å². The summed E-state index contributed by atoms with van der Waals surface area (Å²) in [6.45, 7) is 2.21. The number of allylic oxidation sites excluding steroid dienone is 5. The van der Waals surface area contributed by atoms with Gasteiger partial charge in [0.25, 0.3) is 0 Å². The fraction of sp³-hybridized carbons (Fsp3) is 0.100. The van der Waals surface area contributed by atoms with Crippen LogP contribution in [0.2, 0.25) is 0 Å². The third-order valence-electron chi connectivity index (χ3n) is 8.98. The fourth-order valence-corrected chi connectivity index (χ4v) is 7.22. The Hall–Kier alpha value is -4.68. The second-order valence-corrected chi connectivity index (χ2v) is 11.3. The summed E-state index contributed by atoms with van der Waals surface area (Å²) < 4.78 is 0. The molecule has 0 saturated carbocycles. The zero-order valence-corrected chi connectivity index (χ0v) is 22.6. The maximum atomic E-state index is 2.40. The highest BCUT2D eigenvalue weighted by Gasteiger charge is 2.33. The molecule has 0 radical (unpaired) electrons. The lowest BCUT2D eigenvalue weighted by Gasteiger charge is -2.21. The van der Waals surface area contributed by atoms with Crippen LogP contribution in [0.15, 0.2) is 139 Å². The van der Waals surface area contributed by atoms with Crippen LogP contribution in [0.5, 0.6) is 0 Å². The van der Waals surface area contributed by atoms with Gasteiger partial charge >= 0.3 is 0 Å². The van der Waals surface area contributed by atoms with Gasteiger partial charge in [-0.1, -0.05) is 145 Å². The van der Waals surface area contributed by atoms with Gasteiger partial charge in [0, 0.05) is 11.8 Å². The van der Waals surface area contributed by atoms with Crippen LogP contribution in [-0.2, 0) is 6.42 Å². The molecule has 0 bridgehead atoms. The monoisotopic (exact) mass is 510 g/mol. The molecule has 8 rings (SSSR count). The Bertz CT molecular complexity index is 1830. The maximum Gasteiger partial charge on any atom is 0.0358 e. The highest BCUT2D eigenvalue weighted by molar-refractivity contribution is 5.86. The van der Waals surface area contributed by atoms with Crippen molar-refractivity contribution >= 4 is 6.08 Å². The first kappa shape index (κ1) is 23.2. The van der Waals surface area contributed by atoms with E-state index in [0.29, 0.717) is 0 Å². The van der Waals surface area contributed by atoms with Crippen molar-refractivity contribution in [1.82, 2.24) is 0 Å². The summed E-state index contributed by atoms with van der Waals surface area (Å²) in [4.78, 5) is 0. The molecular formula is C40H30. The highest BCUT2D eigenvalue weighted by atomic mass is 14.4. The van der Waals surface area contributed by atoms with Crippen LogP contribution in [0, 0.1) is 0 Å². The van der Waals surface area contributed by atoms with E-state index in [-0.39, 0.29) is 11.8 Å². The molecule has 0 spiro atoms. The van der Waals surface area contributed by atoms with Gasteiger partial charge in [-0.2, -0.15) is 0 Å². The van der Waals surface area contributed by atoms with E-state index in [1.807, 2.05) is 0 Å². The van der Waals surface area contributed by atoms with Gasteiger partial charge in [0.05, 0.1) is 0 Å². The predicted molar refractivity (Wildman–Crippen MR) is 168 cm³/mol. The maximum absolute atomic E-state index is 2.40. The Balaban J connectivity index is 1.28. The first-order chi connectivity index (χ1) is 19.8. The van der Waals surface area contributed by atoms with Gasteiger partial charge in [-0.15, -0.1) is 0 Å². The standard InChI is InChI=1S/C40H30/c1-26-11-3-2-4-12-27-23-24-36-32-15-7-10-18-35(32)39(40(36)37(27)25-26)29-21-19-28(20-22-29)38-33-16-8-5-13-30(33)31-14-6-9-17-34(31)38/h2-11,13-25,38-39H,12H2,1H3/b4-2+,11-3-,26-25+. The average Bonchev–Trinajstić information content (AvgIpc) is 3.53. The number of hydrogen-bond acceptors (Lipinski definition) is 0. The van der Waals surface area contributed by atoms with Gasteiger partial charge in [-0.25, -0.2) is 0 Å². The van der Waals surface area contributed by atoms with Crippen molar-refractivity contribution in [2.45, 2.75) is 25.2 Å². The Labute approximate surface area is 236 Å². The third-order valence-corrected chi connectivity index (χ3v) is 8.98. The number of rotatable bonds is 2. The van der Waals surface area contributed by atoms with Crippen LogP contribution in [0.4, 0.5) is 0 Å². The predicted octanol–water partition coefficient (Wildman–Crippen LogP) is 10.1. The van der Waals surface area contributed by atoms with Crippen molar-refractivity contribution in [2.24, 2.45) is 0 Å². The Morgan fingerprint density at radius 3 is 1.73 bits per heavy atom. The number of hydrogen-bond donors (Lipinski definition) is 0. The molecule has 0 heteroatoms. The van der Waals surface area contributed by atoms with Gasteiger partial charge in [0.2, 0.25) is 0 Å². The minimum atomic E-state index is 0.219. The summed E-state index contributed by atoms with van der Waals surface area (Å²) in [7, 11) is 0. The van der Waals surface area contributed by atoms with Crippen LogP contribution < -0.4 is 0 Å². The van der Waals surface area contributed by atoms with Crippen LogP contribution in [0.1, 0.15) is 63.3 Å². The molecule has 0 nitrogen and oxygen atoms in total. The minimum absolute atomic E-state index is 0.219. The Morgan fingerprint density at radius 1 is 0.525 bits per heavy atom. The molecule has 0 N–H and O–H groups in total. The lowest BCUT2D eigenvalue weighted by molar-refractivity contribution is 0.980. The van der Waals surface area contributed by atoms with Crippen LogP contribution in [0.3, 0.4) is 0 Å². The first-order valence-corrected chi connectivity index (χ1v) is 14.3. The van der Waals surface area contributed by atoms with Gasteiger partial charge in [-0.3, -0.25) is 0 Å². The molecule has 190 valence electrons. The van der Waals surface area contributed by atoms with E-state index in [2.05, 4.69) is 146 Å². The fourth-order valence-electron chi connectivity index (χ4n) is 7.22.